The Morgan fingerprint density at radius 1 is 1.07 bits per heavy atom. The fourth-order valence-electron chi connectivity index (χ4n) is 3.66. The Balaban J connectivity index is 1.25. The highest BCUT2D eigenvalue weighted by atomic mass is 32.2. The van der Waals surface area contributed by atoms with Crippen LogP contribution in [0.3, 0.4) is 0 Å². The molecule has 0 fully saturated rings. The second kappa shape index (κ2) is 7.44. The SMILES string of the molecule is Cc1cccc2oc(SCc3ccc(C(=O)N4CCc5ccccc5C4)o3)nc12. The van der Waals surface area contributed by atoms with Crippen molar-refractivity contribution in [1.82, 2.24) is 9.88 Å². The van der Waals surface area contributed by atoms with Gasteiger partial charge in [0.05, 0.1) is 5.75 Å². The molecule has 0 bridgehead atoms. The van der Waals surface area contributed by atoms with Crippen molar-refractivity contribution in [3.8, 4) is 0 Å². The van der Waals surface area contributed by atoms with Gasteiger partial charge in [-0.3, -0.25) is 4.79 Å². The predicted molar refractivity (Wildman–Crippen MR) is 112 cm³/mol. The van der Waals surface area contributed by atoms with E-state index in [0.29, 0.717) is 29.8 Å². The first kappa shape index (κ1) is 18.1. The largest absolute Gasteiger partial charge is 0.455 e. The van der Waals surface area contributed by atoms with Crippen molar-refractivity contribution in [1.29, 1.82) is 0 Å². The maximum absolute atomic E-state index is 12.8. The molecule has 146 valence electrons. The molecule has 29 heavy (non-hydrogen) atoms. The minimum Gasteiger partial charge on any atom is -0.455 e. The molecule has 5 nitrogen and oxygen atoms in total. The molecule has 0 radical (unpaired) electrons. The number of thioether (sulfide) groups is 1. The number of rotatable bonds is 4. The molecule has 1 amide bonds. The number of furan rings is 1. The highest BCUT2D eigenvalue weighted by molar-refractivity contribution is 7.98. The summed E-state index contributed by atoms with van der Waals surface area (Å²) in [6.07, 6.45) is 0.877. The highest BCUT2D eigenvalue weighted by Crippen LogP contribution is 2.28. The molecule has 1 aliphatic rings. The van der Waals surface area contributed by atoms with Crippen LogP contribution >= 0.6 is 11.8 Å². The highest BCUT2D eigenvalue weighted by Gasteiger charge is 2.24. The van der Waals surface area contributed by atoms with Gasteiger partial charge in [0.15, 0.2) is 11.3 Å². The molecule has 5 rings (SSSR count). The van der Waals surface area contributed by atoms with Crippen LogP contribution < -0.4 is 0 Å². The Hall–Kier alpha value is -2.99. The van der Waals surface area contributed by atoms with Crippen molar-refractivity contribution in [2.75, 3.05) is 6.54 Å². The molecule has 0 saturated carbocycles. The number of nitrogens with zero attached hydrogens (tertiary/aromatic N) is 2. The summed E-state index contributed by atoms with van der Waals surface area (Å²) >= 11 is 1.46. The predicted octanol–water partition coefficient (Wildman–Crippen LogP) is 5.22. The van der Waals surface area contributed by atoms with Crippen molar-refractivity contribution in [3.63, 3.8) is 0 Å². The van der Waals surface area contributed by atoms with E-state index in [1.54, 1.807) is 6.07 Å². The van der Waals surface area contributed by atoms with Crippen molar-refractivity contribution < 1.29 is 13.6 Å². The summed E-state index contributed by atoms with van der Waals surface area (Å²) in [7, 11) is 0. The van der Waals surface area contributed by atoms with E-state index in [1.807, 2.05) is 48.2 Å². The zero-order chi connectivity index (χ0) is 19.8. The fraction of sp³-hybridized carbons (Fsp3) is 0.217. The minimum atomic E-state index is -0.0618. The molecule has 1 aliphatic heterocycles. The van der Waals surface area contributed by atoms with Gasteiger partial charge in [-0.15, -0.1) is 0 Å². The molecule has 0 saturated heterocycles. The Labute approximate surface area is 172 Å². The lowest BCUT2D eigenvalue weighted by atomic mass is 10.00. The summed E-state index contributed by atoms with van der Waals surface area (Å²) < 4.78 is 11.6. The third kappa shape index (κ3) is 3.56. The topological polar surface area (TPSA) is 59.5 Å². The van der Waals surface area contributed by atoms with Gasteiger partial charge in [-0.2, -0.15) is 0 Å². The van der Waals surface area contributed by atoms with Gasteiger partial charge in [0.2, 0.25) is 0 Å². The number of hydrogen-bond acceptors (Lipinski definition) is 5. The van der Waals surface area contributed by atoms with Crippen molar-refractivity contribution in [3.05, 3.63) is 82.8 Å². The van der Waals surface area contributed by atoms with E-state index in [2.05, 4.69) is 17.1 Å². The average Bonchev–Trinajstić information content (AvgIpc) is 3.39. The zero-order valence-corrected chi connectivity index (χ0v) is 16.9. The van der Waals surface area contributed by atoms with E-state index < -0.39 is 0 Å². The first-order valence-electron chi connectivity index (χ1n) is 9.61. The van der Waals surface area contributed by atoms with Crippen LogP contribution in [0.25, 0.3) is 11.1 Å². The van der Waals surface area contributed by atoms with Gasteiger partial charge in [0.25, 0.3) is 11.1 Å². The first-order chi connectivity index (χ1) is 14.2. The van der Waals surface area contributed by atoms with Gasteiger partial charge in [0.1, 0.15) is 11.3 Å². The van der Waals surface area contributed by atoms with Gasteiger partial charge < -0.3 is 13.7 Å². The number of amides is 1. The molecule has 0 unspecified atom stereocenters. The minimum absolute atomic E-state index is 0.0618. The normalized spacial score (nSPS) is 13.6. The van der Waals surface area contributed by atoms with Crippen molar-refractivity contribution in [2.45, 2.75) is 30.9 Å². The van der Waals surface area contributed by atoms with Gasteiger partial charge in [-0.25, -0.2) is 4.98 Å². The summed E-state index contributed by atoms with van der Waals surface area (Å²) in [5, 5.41) is 0.603. The smallest absolute Gasteiger partial charge is 0.289 e. The lowest BCUT2D eigenvalue weighted by molar-refractivity contribution is 0.0701. The van der Waals surface area contributed by atoms with E-state index in [-0.39, 0.29) is 5.91 Å². The monoisotopic (exact) mass is 404 g/mol. The molecule has 0 aliphatic carbocycles. The average molecular weight is 404 g/mol. The second-order valence-corrected chi connectivity index (χ2v) is 8.13. The van der Waals surface area contributed by atoms with Crippen LogP contribution in [-0.2, 0) is 18.7 Å². The number of hydrogen-bond donors (Lipinski definition) is 0. The van der Waals surface area contributed by atoms with E-state index >= 15 is 0 Å². The number of carbonyl (C=O) groups excluding carboxylic acids is 1. The number of aromatic nitrogens is 1. The van der Waals surface area contributed by atoms with E-state index in [9.17, 15) is 4.79 Å². The molecule has 2 aromatic heterocycles. The first-order valence-corrected chi connectivity index (χ1v) is 10.6. The Bertz CT molecular complexity index is 1190. The maximum Gasteiger partial charge on any atom is 0.289 e. The zero-order valence-electron chi connectivity index (χ0n) is 16.1. The van der Waals surface area contributed by atoms with Crippen molar-refractivity contribution >= 4 is 28.8 Å². The Morgan fingerprint density at radius 3 is 2.79 bits per heavy atom. The second-order valence-electron chi connectivity index (χ2n) is 7.20. The lowest BCUT2D eigenvalue weighted by Crippen LogP contribution is -2.35. The van der Waals surface area contributed by atoms with Crippen LogP contribution in [0.2, 0.25) is 0 Å². The standard InChI is InChI=1S/C23H20N2O3S/c1-15-5-4-8-19-21(15)24-23(28-19)29-14-18-9-10-20(27-18)22(26)25-12-11-16-6-2-3-7-17(16)13-25/h2-10H,11-14H2,1H3. The summed E-state index contributed by atoms with van der Waals surface area (Å²) in [6.45, 7) is 3.35. The number of benzene rings is 2. The van der Waals surface area contributed by atoms with Crippen LogP contribution in [0.1, 0.15) is 33.0 Å². The van der Waals surface area contributed by atoms with E-state index in [1.165, 1.54) is 22.9 Å². The fourth-order valence-corrected chi connectivity index (χ4v) is 4.38. The third-order valence-electron chi connectivity index (χ3n) is 5.23. The van der Waals surface area contributed by atoms with Gasteiger partial charge in [0, 0.05) is 13.1 Å². The summed E-state index contributed by atoms with van der Waals surface area (Å²) in [5.41, 5.74) is 5.29. The van der Waals surface area contributed by atoms with E-state index in [0.717, 1.165) is 28.8 Å². The number of aryl methyl sites for hydroxylation is 1. The molecule has 0 atom stereocenters. The molecule has 3 heterocycles. The van der Waals surface area contributed by atoms with Gasteiger partial charge in [-0.1, -0.05) is 48.2 Å². The molecule has 2 aromatic carbocycles. The number of fused-ring (bicyclic) bond motifs is 2. The van der Waals surface area contributed by atoms with Crippen LogP contribution in [0.15, 0.2) is 68.7 Å². The molecule has 4 aromatic rings. The molecular weight excluding hydrogens is 384 g/mol. The number of para-hydroxylation sites is 1. The van der Waals surface area contributed by atoms with Crippen LogP contribution in [0.5, 0.6) is 0 Å². The van der Waals surface area contributed by atoms with Crippen LogP contribution in [0.4, 0.5) is 0 Å². The van der Waals surface area contributed by atoms with Crippen LogP contribution in [-0.4, -0.2) is 22.3 Å². The lowest BCUT2D eigenvalue weighted by Gasteiger charge is -2.28. The van der Waals surface area contributed by atoms with Crippen LogP contribution in [0, 0.1) is 6.92 Å². The summed E-state index contributed by atoms with van der Waals surface area (Å²) in [5.74, 6) is 1.61. The van der Waals surface area contributed by atoms with Gasteiger partial charge >= 0.3 is 0 Å². The van der Waals surface area contributed by atoms with Crippen molar-refractivity contribution in [2.24, 2.45) is 0 Å². The molecular formula is C23H20N2O3S. The van der Waals surface area contributed by atoms with E-state index in [4.69, 9.17) is 8.83 Å². The Morgan fingerprint density at radius 2 is 1.93 bits per heavy atom. The molecule has 6 heteroatoms. The summed E-state index contributed by atoms with van der Waals surface area (Å²) in [4.78, 5) is 19.2. The maximum atomic E-state index is 12.8. The Kier molecular flexibility index (Phi) is 4.64. The number of carbonyl (C=O) groups is 1. The molecule has 0 N–H and O–H groups in total. The summed E-state index contributed by atoms with van der Waals surface area (Å²) in [6, 6.07) is 17.8. The number of oxazole rings is 1. The quantitative estimate of drug-likeness (QED) is 0.437. The van der Waals surface area contributed by atoms with Gasteiger partial charge in [-0.05, 0) is 48.2 Å². The third-order valence-corrected chi connectivity index (χ3v) is 6.08. The molecule has 0 spiro atoms.